The van der Waals surface area contributed by atoms with Gasteiger partial charge in [-0.25, -0.2) is 4.98 Å². The third-order valence-electron chi connectivity index (χ3n) is 3.76. The summed E-state index contributed by atoms with van der Waals surface area (Å²) in [7, 11) is 0. The van der Waals surface area contributed by atoms with Crippen molar-refractivity contribution in [3.8, 4) is 0 Å². The third kappa shape index (κ3) is 2.04. The van der Waals surface area contributed by atoms with Crippen molar-refractivity contribution in [1.29, 1.82) is 0 Å². The molecule has 0 radical (unpaired) electrons. The summed E-state index contributed by atoms with van der Waals surface area (Å²) in [5.41, 5.74) is 7.83. The predicted octanol–water partition coefficient (Wildman–Crippen LogP) is 1.32. The highest BCUT2D eigenvalue weighted by Crippen LogP contribution is 2.33. The first-order valence-electron chi connectivity index (χ1n) is 6.45. The molecule has 0 aromatic carbocycles. The molecule has 98 valence electrons. The molecule has 2 N–H and O–H groups in total. The number of ether oxygens (including phenoxy) is 2. The second-order valence-corrected chi connectivity index (χ2v) is 4.94. The van der Waals surface area contributed by atoms with Gasteiger partial charge < -0.3 is 20.1 Å². The van der Waals surface area contributed by atoms with E-state index in [9.17, 15) is 0 Å². The summed E-state index contributed by atoms with van der Waals surface area (Å²) >= 11 is 0. The lowest BCUT2D eigenvalue weighted by atomic mass is 10.0. The SMILES string of the molecule is Cc1nc(N)ccc1N1CCC2(CC1)OCCO2. The Balaban J connectivity index is 1.72. The quantitative estimate of drug-likeness (QED) is 0.813. The summed E-state index contributed by atoms with van der Waals surface area (Å²) in [6.45, 7) is 5.32. The lowest BCUT2D eigenvalue weighted by Gasteiger charge is -2.39. The maximum Gasteiger partial charge on any atom is 0.171 e. The Kier molecular flexibility index (Phi) is 2.87. The van der Waals surface area contributed by atoms with E-state index in [1.54, 1.807) is 0 Å². The molecule has 0 saturated carbocycles. The predicted molar refractivity (Wildman–Crippen MR) is 69.5 cm³/mol. The number of pyridine rings is 1. The number of nitrogens with two attached hydrogens (primary N) is 1. The Morgan fingerprint density at radius 2 is 1.89 bits per heavy atom. The fourth-order valence-electron chi connectivity index (χ4n) is 2.78. The number of hydrogen-bond acceptors (Lipinski definition) is 5. The molecule has 1 spiro atoms. The molecule has 0 bridgehead atoms. The van der Waals surface area contributed by atoms with E-state index >= 15 is 0 Å². The van der Waals surface area contributed by atoms with E-state index in [0.29, 0.717) is 5.82 Å². The summed E-state index contributed by atoms with van der Waals surface area (Å²) in [6, 6.07) is 3.90. The van der Waals surface area contributed by atoms with Gasteiger partial charge in [0.05, 0.1) is 24.6 Å². The molecule has 0 unspecified atom stereocenters. The summed E-state index contributed by atoms with van der Waals surface area (Å²) in [5, 5.41) is 0. The zero-order valence-electron chi connectivity index (χ0n) is 10.7. The van der Waals surface area contributed by atoms with Crippen LogP contribution in [-0.2, 0) is 9.47 Å². The fraction of sp³-hybridized carbons (Fsp3) is 0.615. The van der Waals surface area contributed by atoms with Crippen LogP contribution in [0.15, 0.2) is 12.1 Å². The minimum Gasteiger partial charge on any atom is -0.384 e. The van der Waals surface area contributed by atoms with Crippen molar-refractivity contribution < 1.29 is 9.47 Å². The second kappa shape index (κ2) is 4.40. The standard InChI is InChI=1S/C13H19N3O2/c1-10-11(2-3-12(14)15-10)16-6-4-13(5-7-16)17-8-9-18-13/h2-3H,4-9H2,1H3,(H2,14,15). The van der Waals surface area contributed by atoms with Gasteiger partial charge in [-0.3, -0.25) is 0 Å². The summed E-state index contributed by atoms with van der Waals surface area (Å²) in [5.74, 6) is 0.262. The van der Waals surface area contributed by atoms with E-state index in [1.165, 1.54) is 0 Å². The van der Waals surface area contributed by atoms with Crippen LogP contribution in [0.5, 0.6) is 0 Å². The van der Waals surface area contributed by atoms with Crippen molar-refractivity contribution in [2.24, 2.45) is 0 Å². The molecule has 0 amide bonds. The third-order valence-corrected chi connectivity index (χ3v) is 3.76. The van der Waals surface area contributed by atoms with Gasteiger partial charge in [0.25, 0.3) is 0 Å². The average molecular weight is 249 g/mol. The number of nitrogens with zero attached hydrogens (tertiary/aromatic N) is 2. The molecule has 1 aromatic heterocycles. The first kappa shape index (κ1) is 11.7. The van der Waals surface area contributed by atoms with Gasteiger partial charge in [-0.05, 0) is 19.1 Å². The first-order chi connectivity index (χ1) is 8.69. The smallest absolute Gasteiger partial charge is 0.171 e. The number of aryl methyl sites for hydroxylation is 1. The topological polar surface area (TPSA) is 60.6 Å². The van der Waals surface area contributed by atoms with Crippen LogP contribution in [0.2, 0.25) is 0 Å². The number of nitrogen functional groups attached to an aromatic ring is 1. The zero-order valence-corrected chi connectivity index (χ0v) is 10.7. The van der Waals surface area contributed by atoms with E-state index in [-0.39, 0.29) is 5.79 Å². The summed E-state index contributed by atoms with van der Waals surface area (Å²) in [6.07, 6.45) is 1.83. The van der Waals surface area contributed by atoms with Crippen LogP contribution in [0, 0.1) is 6.92 Å². The number of hydrogen-bond donors (Lipinski definition) is 1. The Morgan fingerprint density at radius 1 is 1.22 bits per heavy atom. The van der Waals surface area contributed by atoms with Gasteiger partial charge in [-0.2, -0.15) is 0 Å². The van der Waals surface area contributed by atoms with Crippen molar-refractivity contribution in [1.82, 2.24) is 4.98 Å². The van der Waals surface area contributed by atoms with Crippen LogP contribution in [0.1, 0.15) is 18.5 Å². The van der Waals surface area contributed by atoms with E-state index in [2.05, 4.69) is 9.88 Å². The van der Waals surface area contributed by atoms with Crippen LogP contribution in [0.4, 0.5) is 11.5 Å². The molecule has 0 atom stereocenters. The fourth-order valence-corrected chi connectivity index (χ4v) is 2.78. The van der Waals surface area contributed by atoms with Crippen LogP contribution in [-0.4, -0.2) is 37.1 Å². The molecule has 2 aliphatic rings. The van der Waals surface area contributed by atoms with Crippen molar-refractivity contribution in [2.45, 2.75) is 25.6 Å². The Morgan fingerprint density at radius 3 is 2.50 bits per heavy atom. The molecule has 3 rings (SSSR count). The van der Waals surface area contributed by atoms with Gasteiger partial charge in [0.2, 0.25) is 0 Å². The van der Waals surface area contributed by atoms with Crippen LogP contribution >= 0.6 is 0 Å². The lowest BCUT2D eigenvalue weighted by molar-refractivity contribution is -0.169. The van der Waals surface area contributed by atoms with Crippen molar-refractivity contribution in [2.75, 3.05) is 36.9 Å². The average Bonchev–Trinajstić information content (AvgIpc) is 2.80. The van der Waals surface area contributed by atoms with Gasteiger partial charge >= 0.3 is 0 Å². The highest BCUT2D eigenvalue weighted by atomic mass is 16.7. The summed E-state index contributed by atoms with van der Waals surface area (Å²) < 4.78 is 11.5. The van der Waals surface area contributed by atoms with Gasteiger partial charge in [-0.1, -0.05) is 0 Å². The highest BCUT2D eigenvalue weighted by Gasteiger charge is 2.39. The maximum atomic E-state index is 5.73. The molecule has 1 aromatic rings. The molecule has 2 fully saturated rings. The van der Waals surface area contributed by atoms with E-state index in [0.717, 1.165) is 50.5 Å². The second-order valence-electron chi connectivity index (χ2n) is 4.94. The highest BCUT2D eigenvalue weighted by molar-refractivity contribution is 5.54. The van der Waals surface area contributed by atoms with Crippen LogP contribution < -0.4 is 10.6 Å². The molecule has 2 aliphatic heterocycles. The molecule has 18 heavy (non-hydrogen) atoms. The largest absolute Gasteiger partial charge is 0.384 e. The first-order valence-corrected chi connectivity index (χ1v) is 6.45. The minimum atomic E-state index is -0.314. The minimum absolute atomic E-state index is 0.314. The van der Waals surface area contributed by atoms with E-state index < -0.39 is 0 Å². The van der Waals surface area contributed by atoms with Crippen molar-refractivity contribution in [3.05, 3.63) is 17.8 Å². The molecule has 3 heterocycles. The van der Waals surface area contributed by atoms with Gasteiger partial charge in [0, 0.05) is 25.9 Å². The number of piperidine rings is 1. The molecule has 5 heteroatoms. The molecule has 2 saturated heterocycles. The van der Waals surface area contributed by atoms with Crippen molar-refractivity contribution >= 4 is 11.5 Å². The zero-order chi connectivity index (χ0) is 12.6. The number of aromatic nitrogens is 1. The number of anilines is 2. The monoisotopic (exact) mass is 249 g/mol. The van der Waals surface area contributed by atoms with Gasteiger partial charge in [0.15, 0.2) is 5.79 Å². The maximum absolute atomic E-state index is 5.73. The normalized spacial score (nSPS) is 22.6. The van der Waals surface area contributed by atoms with Crippen molar-refractivity contribution in [3.63, 3.8) is 0 Å². The van der Waals surface area contributed by atoms with E-state index in [4.69, 9.17) is 15.2 Å². The van der Waals surface area contributed by atoms with Gasteiger partial charge in [-0.15, -0.1) is 0 Å². The Bertz CT molecular complexity index is 434. The number of rotatable bonds is 1. The Labute approximate surface area is 107 Å². The van der Waals surface area contributed by atoms with E-state index in [1.807, 2.05) is 19.1 Å². The van der Waals surface area contributed by atoms with Crippen LogP contribution in [0.3, 0.4) is 0 Å². The molecule has 0 aliphatic carbocycles. The van der Waals surface area contributed by atoms with Crippen LogP contribution in [0.25, 0.3) is 0 Å². The Hall–Kier alpha value is -1.33. The molecular formula is C13H19N3O2. The summed E-state index contributed by atoms with van der Waals surface area (Å²) in [4.78, 5) is 6.64. The van der Waals surface area contributed by atoms with Gasteiger partial charge in [0.1, 0.15) is 5.82 Å². The molecular weight excluding hydrogens is 230 g/mol. The molecule has 5 nitrogen and oxygen atoms in total. The lowest BCUT2D eigenvalue weighted by Crippen LogP contribution is -2.45.